The zero-order valence-electron chi connectivity index (χ0n) is 16.6. The molecule has 8 heteroatoms. The maximum Gasteiger partial charge on any atom is 0.274 e. The van der Waals surface area contributed by atoms with Gasteiger partial charge in [0, 0.05) is 20.0 Å². The van der Waals surface area contributed by atoms with E-state index in [1.54, 1.807) is 24.2 Å². The lowest BCUT2D eigenvalue weighted by molar-refractivity contribution is -0.115. The number of halogens is 2. The molecular formula is C22H22F2N4O2. The van der Waals surface area contributed by atoms with Crippen molar-refractivity contribution in [2.24, 2.45) is 5.92 Å². The lowest BCUT2D eigenvalue weighted by atomic mass is 9.80. The molecule has 0 spiro atoms. The molecule has 2 aromatic rings. The number of nitrogens with zero attached hydrogens (tertiary/aromatic N) is 4. The van der Waals surface area contributed by atoms with Gasteiger partial charge in [0.1, 0.15) is 17.2 Å². The van der Waals surface area contributed by atoms with Gasteiger partial charge in [-0.2, -0.15) is 0 Å². The molecule has 2 aliphatic heterocycles. The highest BCUT2D eigenvalue weighted by molar-refractivity contribution is 6.12. The van der Waals surface area contributed by atoms with Crippen LogP contribution >= 0.6 is 0 Å². The lowest BCUT2D eigenvalue weighted by Crippen LogP contribution is -2.41. The van der Waals surface area contributed by atoms with Crippen LogP contribution in [0.1, 0.15) is 30.7 Å². The fraction of sp³-hybridized carbons (Fsp3) is 0.409. The van der Waals surface area contributed by atoms with Crippen LogP contribution in [-0.4, -0.2) is 35.6 Å². The number of likely N-dealkylation sites (N-methyl/N-ethyl adjacent to an activating group) is 1. The number of hydrogen-bond donors (Lipinski definition) is 0. The fourth-order valence-corrected chi connectivity index (χ4v) is 4.28. The summed E-state index contributed by atoms with van der Waals surface area (Å²) in [5, 5.41) is 0. The Hall–Kier alpha value is -2.87. The summed E-state index contributed by atoms with van der Waals surface area (Å²) in [7, 11) is 1.75. The first-order chi connectivity index (χ1) is 14.5. The van der Waals surface area contributed by atoms with Crippen LogP contribution in [0.25, 0.3) is 0 Å². The summed E-state index contributed by atoms with van der Waals surface area (Å²) in [5.41, 5.74) is 2.07. The van der Waals surface area contributed by atoms with E-state index < -0.39 is 11.6 Å². The second kappa shape index (κ2) is 7.43. The summed E-state index contributed by atoms with van der Waals surface area (Å²) < 4.78 is 32.1. The molecule has 3 aliphatic rings. The number of hydrogen-bond acceptors (Lipinski definition) is 5. The first-order valence-corrected chi connectivity index (χ1v) is 10.2. The van der Waals surface area contributed by atoms with Gasteiger partial charge >= 0.3 is 0 Å². The molecule has 1 aliphatic carbocycles. The highest BCUT2D eigenvalue weighted by Crippen LogP contribution is 2.38. The zero-order chi connectivity index (χ0) is 20.8. The molecule has 0 saturated heterocycles. The average Bonchev–Trinajstić information content (AvgIpc) is 3.20. The monoisotopic (exact) mass is 412 g/mol. The Morgan fingerprint density at radius 2 is 2.07 bits per heavy atom. The Bertz CT molecular complexity index is 1040. The smallest absolute Gasteiger partial charge is 0.274 e. The summed E-state index contributed by atoms with van der Waals surface area (Å²) in [5.74, 6) is 0.282. The van der Waals surface area contributed by atoms with Gasteiger partial charge in [0.2, 0.25) is 0 Å². The summed E-state index contributed by atoms with van der Waals surface area (Å²) in [4.78, 5) is 25.3. The topological polar surface area (TPSA) is 58.6 Å². The first-order valence-electron chi connectivity index (χ1n) is 10.2. The number of benzene rings is 1. The molecule has 0 radical (unpaired) electrons. The average molecular weight is 412 g/mol. The number of anilines is 2. The largest absolute Gasteiger partial charge is 0.374 e. The Labute approximate surface area is 173 Å². The summed E-state index contributed by atoms with van der Waals surface area (Å²) in [6.45, 7) is 1.04. The Kier molecular flexibility index (Phi) is 4.73. The number of amides is 1. The number of ether oxygens (including phenoxy) is 1. The molecule has 0 bridgehead atoms. The van der Waals surface area contributed by atoms with Crippen molar-refractivity contribution in [3.63, 3.8) is 0 Å². The van der Waals surface area contributed by atoms with Gasteiger partial charge in [-0.3, -0.25) is 4.79 Å². The van der Waals surface area contributed by atoms with Gasteiger partial charge in [0.25, 0.3) is 5.91 Å². The Morgan fingerprint density at radius 1 is 1.23 bits per heavy atom. The van der Waals surface area contributed by atoms with Gasteiger partial charge in [0.05, 0.1) is 18.9 Å². The van der Waals surface area contributed by atoms with Gasteiger partial charge in [0.15, 0.2) is 17.5 Å². The number of carbonyl (C=O) groups excluding carboxylic acids is 1. The van der Waals surface area contributed by atoms with Crippen molar-refractivity contribution >= 4 is 17.4 Å². The zero-order valence-corrected chi connectivity index (χ0v) is 16.6. The van der Waals surface area contributed by atoms with Crippen LogP contribution in [0.3, 0.4) is 0 Å². The molecule has 30 heavy (non-hydrogen) atoms. The van der Waals surface area contributed by atoms with Gasteiger partial charge in [-0.1, -0.05) is 12.1 Å². The van der Waals surface area contributed by atoms with E-state index in [4.69, 9.17) is 9.72 Å². The van der Waals surface area contributed by atoms with E-state index in [1.807, 2.05) is 11.0 Å². The van der Waals surface area contributed by atoms with Crippen molar-refractivity contribution in [2.45, 2.75) is 38.4 Å². The van der Waals surface area contributed by atoms with Crippen molar-refractivity contribution in [2.75, 3.05) is 23.4 Å². The van der Waals surface area contributed by atoms with Crippen molar-refractivity contribution in [3.05, 3.63) is 59.2 Å². The SMILES string of the molecule is CN1C(=O)C2=CCCN2c2nc(CC3CC(OCc4ccc(F)c(F)c4)C3)ncc21. The van der Waals surface area contributed by atoms with Crippen LogP contribution in [0.4, 0.5) is 20.3 Å². The number of fused-ring (bicyclic) bond motifs is 3. The third-order valence-corrected chi connectivity index (χ3v) is 6.06. The Balaban J connectivity index is 1.18. The maximum atomic E-state index is 13.3. The number of aromatic nitrogens is 2. The predicted octanol–water partition coefficient (Wildman–Crippen LogP) is 3.36. The van der Waals surface area contributed by atoms with Gasteiger partial charge in [-0.05, 0) is 42.9 Å². The van der Waals surface area contributed by atoms with Crippen molar-refractivity contribution < 1.29 is 18.3 Å². The van der Waals surface area contributed by atoms with Crippen molar-refractivity contribution in [1.82, 2.24) is 9.97 Å². The second-order valence-corrected chi connectivity index (χ2v) is 8.11. The minimum atomic E-state index is -0.851. The van der Waals surface area contributed by atoms with Crippen LogP contribution < -0.4 is 9.80 Å². The standard InChI is InChI=1S/C22H22F2N4O2/c1-27-19-11-25-20(26-21(19)28-6-2-3-18(28)22(27)29)10-14-7-15(8-14)30-12-13-4-5-16(23)17(24)9-13/h3-5,9,11,14-15H,2,6-8,10,12H2,1H3. The molecule has 1 saturated carbocycles. The second-order valence-electron chi connectivity index (χ2n) is 8.11. The Morgan fingerprint density at radius 3 is 2.87 bits per heavy atom. The molecule has 1 amide bonds. The molecule has 156 valence electrons. The summed E-state index contributed by atoms with van der Waals surface area (Å²) in [6.07, 6.45) is 7.17. The fourth-order valence-electron chi connectivity index (χ4n) is 4.28. The molecule has 0 atom stereocenters. The third kappa shape index (κ3) is 3.35. The molecule has 3 heterocycles. The van der Waals surface area contributed by atoms with Crippen LogP contribution in [0.5, 0.6) is 0 Å². The molecular weight excluding hydrogens is 390 g/mol. The highest BCUT2D eigenvalue weighted by Gasteiger charge is 2.36. The van der Waals surface area contributed by atoms with Gasteiger partial charge < -0.3 is 14.5 Å². The van der Waals surface area contributed by atoms with E-state index in [2.05, 4.69) is 4.98 Å². The summed E-state index contributed by atoms with van der Waals surface area (Å²) >= 11 is 0. The van der Waals surface area contributed by atoms with Gasteiger partial charge in [-0.25, -0.2) is 18.7 Å². The van der Waals surface area contributed by atoms with E-state index in [9.17, 15) is 13.6 Å². The first kappa shape index (κ1) is 19.1. The van der Waals surface area contributed by atoms with E-state index in [0.717, 1.165) is 55.6 Å². The molecule has 5 rings (SSSR count). The van der Waals surface area contributed by atoms with E-state index in [1.165, 1.54) is 6.07 Å². The van der Waals surface area contributed by atoms with Crippen LogP contribution in [0, 0.1) is 17.6 Å². The highest BCUT2D eigenvalue weighted by atomic mass is 19.2. The molecule has 0 N–H and O–H groups in total. The minimum absolute atomic E-state index is 0.0173. The number of rotatable bonds is 5. The van der Waals surface area contributed by atoms with Crippen LogP contribution in [0.2, 0.25) is 0 Å². The van der Waals surface area contributed by atoms with E-state index >= 15 is 0 Å². The molecule has 0 unspecified atom stereocenters. The molecule has 6 nitrogen and oxygen atoms in total. The number of carbonyl (C=O) groups is 1. The van der Waals surface area contributed by atoms with Crippen LogP contribution in [0.15, 0.2) is 36.2 Å². The lowest BCUT2D eigenvalue weighted by Gasteiger charge is -2.36. The van der Waals surface area contributed by atoms with E-state index in [-0.39, 0.29) is 18.6 Å². The van der Waals surface area contributed by atoms with Gasteiger partial charge in [-0.15, -0.1) is 0 Å². The predicted molar refractivity (Wildman–Crippen MR) is 107 cm³/mol. The normalized spacial score (nSPS) is 22.5. The molecule has 1 aromatic heterocycles. The summed E-state index contributed by atoms with van der Waals surface area (Å²) in [6, 6.07) is 3.84. The van der Waals surface area contributed by atoms with Crippen molar-refractivity contribution in [1.29, 1.82) is 0 Å². The van der Waals surface area contributed by atoms with Crippen LogP contribution in [-0.2, 0) is 22.6 Å². The van der Waals surface area contributed by atoms with E-state index in [0.29, 0.717) is 17.2 Å². The minimum Gasteiger partial charge on any atom is -0.374 e. The third-order valence-electron chi connectivity index (χ3n) is 6.06. The quantitative estimate of drug-likeness (QED) is 0.754. The molecule has 1 aromatic carbocycles. The maximum absolute atomic E-state index is 13.3. The molecule has 1 fully saturated rings. The van der Waals surface area contributed by atoms with Crippen molar-refractivity contribution in [3.8, 4) is 0 Å².